The molecule has 0 aromatic heterocycles. The number of benzene rings is 1. The molecule has 1 aromatic rings. The van der Waals surface area contributed by atoms with Crippen molar-refractivity contribution in [3.05, 3.63) is 34.3 Å². The maximum Gasteiger partial charge on any atom is 0.407 e. The van der Waals surface area contributed by atoms with Crippen molar-refractivity contribution < 1.29 is 14.3 Å². The van der Waals surface area contributed by atoms with Crippen molar-refractivity contribution in [1.82, 2.24) is 10.2 Å². The van der Waals surface area contributed by atoms with Crippen molar-refractivity contribution in [3.8, 4) is 0 Å². The van der Waals surface area contributed by atoms with Gasteiger partial charge in [-0.25, -0.2) is 4.79 Å². The van der Waals surface area contributed by atoms with Gasteiger partial charge in [-0.05, 0) is 54.7 Å². The van der Waals surface area contributed by atoms with Gasteiger partial charge in [-0.2, -0.15) is 0 Å². The summed E-state index contributed by atoms with van der Waals surface area (Å²) in [6.45, 7) is 4.12. The summed E-state index contributed by atoms with van der Waals surface area (Å²) in [5.74, 6) is 1.99. The first-order valence-corrected chi connectivity index (χ1v) is 9.33. The van der Waals surface area contributed by atoms with E-state index in [4.69, 9.17) is 16.3 Å². The molecular formula is C19H21ClN2O3. The molecule has 5 rings (SSSR count). The minimum atomic E-state index is -0.354. The first kappa shape index (κ1) is 15.5. The molecule has 0 unspecified atom stereocenters. The zero-order valence-electron chi connectivity index (χ0n) is 14.1. The number of hydrogen-bond acceptors (Lipinski definition) is 3. The molecule has 25 heavy (non-hydrogen) atoms. The molecule has 2 aliphatic heterocycles. The summed E-state index contributed by atoms with van der Waals surface area (Å²) in [5.41, 5.74) is 2.14. The second-order valence-corrected chi connectivity index (χ2v) is 8.60. The van der Waals surface area contributed by atoms with Crippen molar-refractivity contribution in [1.29, 1.82) is 0 Å². The molecule has 3 atom stereocenters. The van der Waals surface area contributed by atoms with Gasteiger partial charge in [0.15, 0.2) is 0 Å². The number of amides is 2. The first-order chi connectivity index (χ1) is 12.0. The van der Waals surface area contributed by atoms with Crippen LogP contribution < -0.4 is 5.32 Å². The lowest BCUT2D eigenvalue weighted by molar-refractivity contribution is -0.140. The highest BCUT2D eigenvalue weighted by atomic mass is 35.5. The van der Waals surface area contributed by atoms with Gasteiger partial charge in [0, 0.05) is 24.0 Å². The highest BCUT2D eigenvalue weighted by molar-refractivity contribution is 6.31. The Bertz CT molecular complexity index is 762. The monoisotopic (exact) mass is 360 g/mol. The molecule has 1 aromatic carbocycles. The number of carbonyl (C=O) groups is 2. The van der Waals surface area contributed by atoms with Crippen molar-refractivity contribution in [3.63, 3.8) is 0 Å². The lowest BCUT2D eigenvalue weighted by Crippen LogP contribution is -2.58. The number of aryl methyl sites for hydroxylation is 1. The van der Waals surface area contributed by atoms with Crippen LogP contribution in [-0.4, -0.2) is 42.1 Å². The summed E-state index contributed by atoms with van der Waals surface area (Å²) in [4.78, 5) is 25.9. The Morgan fingerprint density at radius 2 is 2.04 bits per heavy atom. The predicted octanol–water partition coefficient (Wildman–Crippen LogP) is 2.71. The SMILES string of the molecule is Cc1ccc([C@@H]2[C@@H]3CN(C(=O)C4CC5(COC(=O)N5)C4)C[C@@H]32)cc1Cl. The number of piperidine rings is 1. The molecule has 2 saturated heterocycles. The van der Waals surface area contributed by atoms with E-state index in [9.17, 15) is 9.59 Å². The topological polar surface area (TPSA) is 58.6 Å². The second kappa shape index (κ2) is 5.13. The van der Waals surface area contributed by atoms with Gasteiger partial charge >= 0.3 is 6.09 Å². The van der Waals surface area contributed by atoms with Crippen molar-refractivity contribution in [2.45, 2.75) is 31.2 Å². The van der Waals surface area contributed by atoms with E-state index in [0.717, 1.165) is 23.7 Å². The van der Waals surface area contributed by atoms with Gasteiger partial charge in [0.25, 0.3) is 0 Å². The number of hydrogen-bond donors (Lipinski definition) is 1. The normalized spacial score (nSPS) is 38.2. The van der Waals surface area contributed by atoms with Crippen LogP contribution in [0.3, 0.4) is 0 Å². The number of cyclic esters (lactones) is 1. The number of carbonyl (C=O) groups excluding carboxylic acids is 2. The molecule has 1 spiro atoms. The Balaban J connectivity index is 1.18. The van der Waals surface area contributed by atoms with Crippen LogP contribution in [0, 0.1) is 24.7 Å². The molecule has 0 bridgehead atoms. The molecule has 0 radical (unpaired) electrons. The lowest BCUT2D eigenvalue weighted by atomic mass is 9.68. The summed E-state index contributed by atoms with van der Waals surface area (Å²) in [7, 11) is 0. The number of nitrogens with zero attached hydrogens (tertiary/aromatic N) is 1. The van der Waals surface area contributed by atoms with Crippen LogP contribution in [-0.2, 0) is 9.53 Å². The Morgan fingerprint density at radius 1 is 1.32 bits per heavy atom. The predicted molar refractivity (Wildman–Crippen MR) is 92.4 cm³/mol. The molecule has 2 saturated carbocycles. The number of likely N-dealkylation sites (tertiary alicyclic amines) is 1. The number of alkyl carbamates (subject to hydrolysis) is 1. The van der Waals surface area contributed by atoms with E-state index in [1.807, 2.05) is 11.8 Å². The highest BCUT2D eigenvalue weighted by Crippen LogP contribution is 2.59. The van der Waals surface area contributed by atoms with Crippen molar-refractivity contribution >= 4 is 23.6 Å². The lowest BCUT2D eigenvalue weighted by Gasteiger charge is -2.43. The number of rotatable bonds is 2. The third-order valence-electron chi connectivity index (χ3n) is 6.56. The smallest absolute Gasteiger partial charge is 0.407 e. The molecule has 2 heterocycles. The summed E-state index contributed by atoms with van der Waals surface area (Å²) in [6, 6.07) is 6.35. The van der Waals surface area contributed by atoms with Crippen LogP contribution in [0.2, 0.25) is 5.02 Å². The van der Waals surface area contributed by atoms with Gasteiger partial charge in [0.2, 0.25) is 5.91 Å². The number of halogens is 1. The van der Waals surface area contributed by atoms with Crippen LogP contribution in [0.4, 0.5) is 4.79 Å². The molecule has 2 aliphatic carbocycles. The fraction of sp³-hybridized carbons (Fsp3) is 0.579. The molecule has 5 nitrogen and oxygen atoms in total. The van der Waals surface area contributed by atoms with E-state index in [0.29, 0.717) is 37.2 Å². The molecular weight excluding hydrogens is 340 g/mol. The largest absolute Gasteiger partial charge is 0.447 e. The summed E-state index contributed by atoms with van der Waals surface area (Å²) < 4.78 is 4.98. The van der Waals surface area contributed by atoms with Crippen LogP contribution >= 0.6 is 11.6 Å². The van der Waals surface area contributed by atoms with E-state index in [1.165, 1.54) is 5.56 Å². The van der Waals surface area contributed by atoms with Gasteiger partial charge in [-0.3, -0.25) is 4.79 Å². The maximum atomic E-state index is 12.7. The van der Waals surface area contributed by atoms with E-state index >= 15 is 0 Å². The molecule has 4 fully saturated rings. The molecule has 1 N–H and O–H groups in total. The standard InChI is InChI=1S/C19H21ClN2O3/c1-10-2-3-11(4-15(10)20)16-13-7-22(8-14(13)16)17(23)12-5-19(6-12)9-25-18(24)21-19/h2-4,12-14,16H,5-9H2,1H3,(H,21,24)/t12?,13-,14+,16-,19?. The fourth-order valence-electron chi connectivity index (χ4n) is 5.05. The average Bonchev–Trinajstić information content (AvgIpc) is 2.91. The second-order valence-electron chi connectivity index (χ2n) is 8.19. The zero-order chi connectivity index (χ0) is 17.3. The summed E-state index contributed by atoms with van der Waals surface area (Å²) >= 11 is 6.25. The Kier molecular flexibility index (Phi) is 3.18. The van der Waals surface area contributed by atoms with Gasteiger partial charge in [0.05, 0.1) is 5.54 Å². The van der Waals surface area contributed by atoms with Crippen molar-refractivity contribution in [2.24, 2.45) is 17.8 Å². The molecule has 6 heteroatoms. The van der Waals surface area contributed by atoms with Crippen molar-refractivity contribution in [2.75, 3.05) is 19.7 Å². The number of nitrogens with one attached hydrogen (secondary N) is 1. The Labute approximate surface area is 151 Å². The minimum Gasteiger partial charge on any atom is -0.447 e. The quantitative estimate of drug-likeness (QED) is 0.882. The highest BCUT2D eigenvalue weighted by Gasteiger charge is 2.59. The van der Waals surface area contributed by atoms with Crippen LogP contribution in [0.25, 0.3) is 0 Å². The summed E-state index contributed by atoms with van der Waals surface area (Å²) in [6.07, 6.45) is 1.06. The number of fused-ring (bicyclic) bond motifs is 1. The third-order valence-corrected chi connectivity index (χ3v) is 6.96. The first-order valence-electron chi connectivity index (χ1n) is 8.96. The summed E-state index contributed by atoms with van der Waals surface area (Å²) in [5, 5.41) is 3.68. The Morgan fingerprint density at radius 3 is 2.64 bits per heavy atom. The fourth-order valence-corrected chi connectivity index (χ4v) is 5.23. The molecule has 4 aliphatic rings. The van der Waals surface area contributed by atoms with E-state index in [1.54, 1.807) is 0 Å². The third kappa shape index (κ3) is 2.35. The maximum absolute atomic E-state index is 12.7. The van der Waals surface area contributed by atoms with E-state index < -0.39 is 0 Å². The van der Waals surface area contributed by atoms with Gasteiger partial charge in [0.1, 0.15) is 6.61 Å². The van der Waals surface area contributed by atoms with Gasteiger partial charge < -0.3 is 15.0 Å². The minimum absolute atomic E-state index is 0.0340. The molecule has 132 valence electrons. The van der Waals surface area contributed by atoms with E-state index in [-0.39, 0.29) is 23.5 Å². The van der Waals surface area contributed by atoms with Gasteiger partial charge in [-0.1, -0.05) is 23.7 Å². The average molecular weight is 361 g/mol. The molecule has 2 amide bonds. The van der Waals surface area contributed by atoms with Gasteiger partial charge in [-0.15, -0.1) is 0 Å². The Hall–Kier alpha value is -1.75. The van der Waals surface area contributed by atoms with Crippen LogP contribution in [0.1, 0.15) is 29.9 Å². The van der Waals surface area contributed by atoms with Crippen LogP contribution in [0.15, 0.2) is 18.2 Å². The zero-order valence-corrected chi connectivity index (χ0v) is 14.9. The number of ether oxygens (including phenoxy) is 1. The van der Waals surface area contributed by atoms with E-state index in [2.05, 4.69) is 23.5 Å². The van der Waals surface area contributed by atoms with Crippen LogP contribution in [0.5, 0.6) is 0 Å².